The summed E-state index contributed by atoms with van der Waals surface area (Å²) in [7, 11) is 0. The Morgan fingerprint density at radius 1 is 1.86 bits per heavy atom. The van der Waals surface area contributed by atoms with Crippen LogP contribution in [0.1, 0.15) is 20.3 Å². The minimum absolute atomic E-state index is 0.102. The summed E-state index contributed by atoms with van der Waals surface area (Å²) in [6.07, 6.45) is 0.985. The molecule has 14 heavy (non-hydrogen) atoms. The Labute approximate surface area is 88.0 Å². The van der Waals surface area contributed by atoms with E-state index < -0.39 is 12.0 Å². The summed E-state index contributed by atoms with van der Waals surface area (Å²) in [5, 5.41) is 9.55. The van der Waals surface area contributed by atoms with Crippen molar-refractivity contribution in [3.05, 3.63) is 0 Å². The molecule has 80 valence electrons. The van der Waals surface area contributed by atoms with E-state index in [2.05, 4.69) is 18.8 Å². The van der Waals surface area contributed by atoms with Crippen LogP contribution in [-0.2, 0) is 4.79 Å². The fourth-order valence-corrected chi connectivity index (χ4v) is 2.37. The Kier molecular flexibility index (Phi) is 3.95. The fourth-order valence-electron chi connectivity index (χ4n) is 1.20. The number of thioether (sulfide) groups is 1. The molecule has 4 nitrogen and oxygen atoms in total. The first kappa shape index (κ1) is 11.5. The van der Waals surface area contributed by atoms with Crippen LogP contribution in [0.5, 0.6) is 0 Å². The van der Waals surface area contributed by atoms with Crippen molar-refractivity contribution in [3.63, 3.8) is 0 Å². The molecule has 0 spiro atoms. The first-order valence-corrected chi connectivity index (χ1v) is 5.73. The summed E-state index contributed by atoms with van der Waals surface area (Å²) >= 11 is 1.47. The largest absolute Gasteiger partial charge is 0.480 e. The molecule has 3 N–H and O–H groups in total. The highest BCUT2D eigenvalue weighted by Gasteiger charge is 2.28. The molecule has 0 bridgehead atoms. The third kappa shape index (κ3) is 2.48. The lowest BCUT2D eigenvalue weighted by Gasteiger charge is -2.17. The summed E-state index contributed by atoms with van der Waals surface area (Å²) in [6, 6.07) is -0.695. The van der Waals surface area contributed by atoms with Crippen molar-refractivity contribution < 1.29 is 9.90 Å². The van der Waals surface area contributed by atoms with Crippen LogP contribution < -0.4 is 5.73 Å². The van der Waals surface area contributed by atoms with E-state index in [0.29, 0.717) is 11.7 Å². The maximum atomic E-state index is 10.6. The number of hydrogen-bond acceptors (Lipinski definition) is 4. The summed E-state index contributed by atoms with van der Waals surface area (Å²) in [6.45, 7) is 4.13. The molecule has 0 saturated carbocycles. The lowest BCUT2D eigenvalue weighted by molar-refractivity contribution is -0.137. The number of carbonyl (C=O) groups is 1. The molecule has 1 heterocycles. The molecular formula is C9H16N2O2S. The van der Waals surface area contributed by atoms with Gasteiger partial charge >= 0.3 is 5.97 Å². The number of aliphatic imine (C=N–C) groups is 1. The second kappa shape index (κ2) is 4.79. The van der Waals surface area contributed by atoms with Crippen LogP contribution in [0.3, 0.4) is 0 Å². The predicted octanol–water partition coefficient (Wildman–Crippen LogP) is 0.958. The molecule has 1 aliphatic heterocycles. The number of nitrogens with two attached hydrogens (primary N) is 1. The Bertz CT molecular complexity index is 255. The van der Waals surface area contributed by atoms with Crippen molar-refractivity contribution in [1.29, 1.82) is 0 Å². The Morgan fingerprint density at radius 3 is 2.93 bits per heavy atom. The normalized spacial score (nSPS) is 25.6. The number of carboxylic acid groups (broad SMARTS) is 1. The monoisotopic (exact) mass is 216 g/mol. The molecule has 0 aromatic heterocycles. The molecule has 0 radical (unpaired) electrons. The average molecular weight is 216 g/mol. The Hall–Kier alpha value is -0.550. The van der Waals surface area contributed by atoms with Gasteiger partial charge in [-0.25, -0.2) is 4.79 Å². The SMILES string of the molecule is CC[C@H](C)[C@H](N)C1=N[C@H](C(=O)O)CS1. The van der Waals surface area contributed by atoms with E-state index in [9.17, 15) is 4.79 Å². The zero-order valence-corrected chi connectivity index (χ0v) is 9.25. The maximum Gasteiger partial charge on any atom is 0.329 e. The molecule has 5 heteroatoms. The zero-order chi connectivity index (χ0) is 10.7. The maximum absolute atomic E-state index is 10.6. The first-order valence-electron chi connectivity index (χ1n) is 4.75. The van der Waals surface area contributed by atoms with E-state index in [1.165, 1.54) is 11.8 Å². The molecule has 0 fully saturated rings. The Morgan fingerprint density at radius 2 is 2.50 bits per heavy atom. The molecule has 3 atom stereocenters. The van der Waals surface area contributed by atoms with Gasteiger partial charge in [0.25, 0.3) is 0 Å². The molecule has 0 amide bonds. The second-order valence-electron chi connectivity index (χ2n) is 3.54. The highest BCUT2D eigenvalue weighted by Crippen LogP contribution is 2.23. The van der Waals surface area contributed by atoms with Crippen LogP contribution >= 0.6 is 11.8 Å². The van der Waals surface area contributed by atoms with Gasteiger partial charge in [-0.2, -0.15) is 0 Å². The number of carboxylic acids is 1. The van der Waals surface area contributed by atoms with Gasteiger partial charge in [0.05, 0.1) is 11.1 Å². The smallest absolute Gasteiger partial charge is 0.329 e. The standard InChI is InChI=1S/C9H16N2O2S/c1-3-5(2)7(10)8-11-6(4-14-8)9(12)13/h5-7H,3-4,10H2,1-2H3,(H,12,13)/t5-,6-,7-/m0/s1. The molecule has 0 aromatic carbocycles. The minimum Gasteiger partial charge on any atom is -0.480 e. The Balaban J connectivity index is 2.62. The van der Waals surface area contributed by atoms with Crippen LogP contribution in [0.4, 0.5) is 0 Å². The topological polar surface area (TPSA) is 75.7 Å². The minimum atomic E-state index is -0.858. The number of aliphatic carboxylic acids is 1. The van der Waals surface area contributed by atoms with E-state index in [1.807, 2.05) is 0 Å². The first-order chi connectivity index (χ1) is 6.56. The van der Waals surface area contributed by atoms with Crippen molar-refractivity contribution in [2.75, 3.05) is 5.75 Å². The van der Waals surface area contributed by atoms with Crippen LogP contribution in [0, 0.1) is 5.92 Å². The highest BCUT2D eigenvalue weighted by atomic mass is 32.2. The molecule has 1 aliphatic rings. The van der Waals surface area contributed by atoms with E-state index in [0.717, 1.165) is 11.5 Å². The molecule has 1 rings (SSSR count). The molecule has 0 saturated heterocycles. The third-order valence-electron chi connectivity index (χ3n) is 2.50. The third-order valence-corrected chi connectivity index (χ3v) is 3.66. The van der Waals surface area contributed by atoms with Gasteiger partial charge in [0.2, 0.25) is 0 Å². The van der Waals surface area contributed by atoms with Gasteiger partial charge in [0, 0.05) is 5.75 Å². The van der Waals surface area contributed by atoms with Gasteiger partial charge in [-0.3, -0.25) is 4.99 Å². The summed E-state index contributed by atoms with van der Waals surface area (Å²) in [5.74, 6) is 0.0204. The highest BCUT2D eigenvalue weighted by molar-refractivity contribution is 8.14. The predicted molar refractivity (Wildman–Crippen MR) is 58.7 cm³/mol. The van der Waals surface area contributed by atoms with Crippen LogP contribution in [0.2, 0.25) is 0 Å². The van der Waals surface area contributed by atoms with Crippen LogP contribution in [-0.4, -0.2) is 34.0 Å². The van der Waals surface area contributed by atoms with Crippen molar-refractivity contribution in [3.8, 4) is 0 Å². The van der Waals surface area contributed by atoms with Gasteiger partial charge in [-0.15, -0.1) is 11.8 Å². The van der Waals surface area contributed by atoms with Gasteiger partial charge in [0.1, 0.15) is 0 Å². The lowest BCUT2D eigenvalue weighted by atomic mass is 10.0. The van der Waals surface area contributed by atoms with Crippen molar-refractivity contribution in [2.24, 2.45) is 16.6 Å². The van der Waals surface area contributed by atoms with Gasteiger partial charge in [-0.05, 0) is 5.92 Å². The van der Waals surface area contributed by atoms with Crippen molar-refractivity contribution in [2.45, 2.75) is 32.4 Å². The number of hydrogen-bond donors (Lipinski definition) is 2. The van der Waals surface area contributed by atoms with E-state index in [4.69, 9.17) is 10.8 Å². The summed E-state index contributed by atoms with van der Waals surface area (Å²) in [4.78, 5) is 14.8. The fraction of sp³-hybridized carbons (Fsp3) is 0.778. The van der Waals surface area contributed by atoms with Crippen molar-refractivity contribution >= 4 is 22.8 Å². The second-order valence-corrected chi connectivity index (χ2v) is 4.58. The molecular weight excluding hydrogens is 200 g/mol. The van der Waals surface area contributed by atoms with Gasteiger partial charge < -0.3 is 10.8 Å². The average Bonchev–Trinajstić information content (AvgIpc) is 2.64. The lowest BCUT2D eigenvalue weighted by Crippen LogP contribution is -2.34. The van der Waals surface area contributed by atoms with E-state index >= 15 is 0 Å². The summed E-state index contributed by atoms with van der Waals surface area (Å²) in [5.41, 5.74) is 5.95. The molecule has 0 aromatic rings. The summed E-state index contributed by atoms with van der Waals surface area (Å²) < 4.78 is 0. The van der Waals surface area contributed by atoms with Gasteiger partial charge in [0.15, 0.2) is 6.04 Å². The van der Waals surface area contributed by atoms with E-state index in [-0.39, 0.29) is 6.04 Å². The number of nitrogens with zero attached hydrogens (tertiary/aromatic N) is 1. The van der Waals surface area contributed by atoms with Gasteiger partial charge in [-0.1, -0.05) is 20.3 Å². The van der Waals surface area contributed by atoms with Crippen LogP contribution in [0.25, 0.3) is 0 Å². The quantitative estimate of drug-likeness (QED) is 0.734. The molecule has 0 unspecified atom stereocenters. The van der Waals surface area contributed by atoms with Crippen molar-refractivity contribution in [1.82, 2.24) is 0 Å². The zero-order valence-electron chi connectivity index (χ0n) is 8.43. The number of rotatable bonds is 4. The van der Waals surface area contributed by atoms with Crippen LogP contribution in [0.15, 0.2) is 4.99 Å². The molecule has 0 aliphatic carbocycles. The van der Waals surface area contributed by atoms with E-state index in [1.54, 1.807) is 0 Å².